The molecule has 0 radical (unpaired) electrons. The maximum absolute atomic E-state index is 12.8. The van der Waals surface area contributed by atoms with Crippen LogP contribution in [0.4, 0.5) is 0 Å². The van der Waals surface area contributed by atoms with Crippen molar-refractivity contribution in [2.24, 2.45) is 11.1 Å². The van der Waals surface area contributed by atoms with Crippen LogP contribution in [0.2, 0.25) is 0 Å². The molecule has 0 spiro atoms. The van der Waals surface area contributed by atoms with E-state index in [1.807, 2.05) is 25.1 Å². The highest BCUT2D eigenvalue weighted by atomic mass is 35.5. The van der Waals surface area contributed by atoms with E-state index in [2.05, 4.69) is 23.9 Å². The van der Waals surface area contributed by atoms with Crippen molar-refractivity contribution in [3.63, 3.8) is 0 Å². The summed E-state index contributed by atoms with van der Waals surface area (Å²) in [5.41, 5.74) is 7.14. The Morgan fingerprint density at radius 3 is 2.52 bits per heavy atom. The molecule has 140 valence electrons. The zero-order valence-electron chi connectivity index (χ0n) is 15.1. The number of hydrogen-bond acceptors (Lipinski definition) is 4. The van der Waals surface area contributed by atoms with Gasteiger partial charge in [-0.1, -0.05) is 26.8 Å². The summed E-state index contributed by atoms with van der Waals surface area (Å²) in [4.78, 5) is 18.8. The molecule has 0 saturated heterocycles. The average molecular weight is 388 g/mol. The Morgan fingerprint density at radius 1 is 1.32 bits per heavy atom. The fourth-order valence-electron chi connectivity index (χ4n) is 2.55. The number of amides is 1. The second kappa shape index (κ2) is 9.75. The van der Waals surface area contributed by atoms with E-state index in [0.717, 1.165) is 5.69 Å². The molecular formula is C17H27Cl2N5O. The number of carbonyl (C=O) groups is 1. The Labute approximate surface area is 161 Å². The molecule has 8 heteroatoms. The van der Waals surface area contributed by atoms with Crippen LogP contribution >= 0.6 is 24.8 Å². The zero-order valence-corrected chi connectivity index (χ0v) is 16.7. The van der Waals surface area contributed by atoms with Gasteiger partial charge in [0.05, 0.1) is 17.5 Å². The molecule has 2 rings (SSSR count). The van der Waals surface area contributed by atoms with E-state index in [9.17, 15) is 4.79 Å². The zero-order chi connectivity index (χ0) is 17.0. The highest BCUT2D eigenvalue weighted by molar-refractivity contribution is 5.95. The highest BCUT2D eigenvalue weighted by Gasteiger charge is 2.25. The van der Waals surface area contributed by atoms with Crippen LogP contribution in [-0.2, 0) is 6.42 Å². The van der Waals surface area contributed by atoms with Gasteiger partial charge < -0.3 is 10.6 Å². The first-order valence-corrected chi connectivity index (χ1v) is 7.83. The third-order valence-corrected chi connectivity index (χ3v) is 3.86. The van der Waals surface area contributed by atoms with Crippen molar-refractivity contribution in [1.29, 1.82) is 0 Å². The molecule has 2 heterocycles. The molecule has 2 aromatic rings. The minimum Gasteiger partial charge on any atom is -0.341 e. The number of nitrogens with two attached hydrogens (primary N) is 1. The van der Waals surface area contributed by atoms with E-state index in [-0.39, 0.29) is 36.1 Å². The molecule has 2 N–H and O–H groups in total. The van der Waals surface area contributed by atoms with Crippen LogP contribution in [-0.4, -0.2) is 45.7 Å². The molecule has 2 aromatic heterocycles. The molecular weight excluding hydrogens is 361 g/mol. The SMILES string of the molecule is CCc1c(C(=O)N(C)CC(C)(C)CN)cnn1-c1ccccn1.Cl.Cl. The van der Waals surface area contributed by atoms with Gasteiger partial charge in [0.25, 0.3) is 5.91 Å². The van der Waals surface area contributed by atoms with Crippen LogP contribution in [0.1, 0.15) is 36.8 Å². The number of nitrogens with zero attached hydrogens (tertiary/aromatic N) is 4. The smallest absolute Gasteiger partial charge is 0.257 e. The molecule has 6 nitrogen and oxygen atoms in total. The summed E-state index contributed by atoms with van der Waals surface area (Å²) in [5.74, 6) is 0.680. The second-order valence-electron chi connectivity index (χ2n) is 6.49. The van der Waals surface area contributed by atoms with Gasteiger partial charge in [0, 0.05) is 19.8 Å². The van der Waals surface area contributed by atoms with Crippen LogP contribution < -0.4 is 5.73 Å². The predicted molar refractivity (Wildman–Crippen MR) is 105 cm³/mol. The quantitative estimate of drug-likeness (QED) is 0.826. The molecule has 0 atom stereocenters. The van der Waals surface area contributed by atoms with Crippen molar-refractivity contribution in [2.75, 3.05) is 20.1 Å². The average Bonchev–Trinajstić information content (AvgIpc) is 2.98. The van der Waals surface area contributed by atoms with Crippen LogP contribution in [0.3, 0.4) is 0 Å². The minimum atomic E-state index is -0.117. The van der Waals surface area contributed by atoms with E-state index in [0.29, 0.717) is 30.9 Å². The van der Waals surface area contributed by atoms with Crippen LogP contribution in [0.25, 0.3) is 5.82 Å². The maximum Gasteiger partial charge on any atom is 0.257 e. The van der Waals surface area contributed by atoms with Gasteiger partial charge in [-0.25, -0.2) is 9.67 Å². The molecule has 0 unspecified atom stereocenters. The number of carbonyl (C=O) groups excluding carboxylic acids is 1. The molecule has 0 bridgehead atoms. The minimum absolute atomic E-state index is 0. The van der Waals surface area contributed by atoms with Crippen molar-refractivity contribution >= 4 is 30.7 Å². The van der Waals surface area contributed by atoms with Crippen molar-refractivity contribution in [3.05, 3.63) is 41.9 Å². The summed E-state index contributed by atoms with van der Waals surface area (Å²) in [6.07, 6.45) is 4.04. The second-order valence-corrected chi connectivity index (χ2v) is 6.49. The van der Waals surface area contributed by atoms with Gasteiger partial charge in [0.2, 0.25) is 0 Å². The van der Waals surface area contributed by atoms with Gasteiger partial charge >= 0.3 is 0 Å². The van der Waals surface area contributed by atoms with E-state index in [4.69, 9.17) is 5.73 Å². The van der Waals surface area contributed by atoms with Gasteiger partial charge in [-0.05, 0) is 30.5 Å². The van der Waals surface area contributed by atoms with Gasteiger partial charge in [0.1, 0.15) is 0 Å². The fourth-order valence-corrected chi connectivity index (χ4v) is 2.55. The predicted octanol–water partition coefficient (Wildman–Crippen LogP) is 2.73. The summed E-state index contributed by atoms with van der Waals surface area (Å²) >= 11 is 0. The summed E-state index contributed by atoms with van der Waals surface area (Å²) in [7, 11) is 1.80. The third-order valence-electron chi connectivity index (χ3n) is 3.86. The summed E-state index contributed by atoms with van der Waals surface area (Å²) in [5, 5.41) is 4.36. The number of pyridine rings is 1. The molecule has 0 aliphatic heterocycles. The Balaban J connectivity index is 0.00000288. The summed E-state index contributed by atoms with van der Waals surface area (Å²) < 4.78 is 1.73. The molecule has 0 aliphatic carbocycles. The molecule has 0 aromatic carbocycles. The molecule has 0 fully saturated rings. The topological polar surface area (TPSA) is 77.0 Å². The van der Waals surface area contributed by atoms with Gasteiger partial charge in [-0.3, -0.25) is 4.79 Å². The first-order chi connectivity index (χ1) is 10.9. The third kappa shape index (κ3) is 5.42. The first-order valence-electron chi connectivity index (χ1n) is 7.83. The van der Waals surface area contributed by atoms with Gasteiger partial charge in [-0.15, -0.1) is 24.8 Å². The van der Waals surface area contributed by atoms with Crippen LogP contribution in [0, 0.1) is 5.41 Å². The number of hydrogen-bond donors (Lipinski definition) is 1. The molecule has 0 saturated carbocycles. The maximum atomic E-state index is 12.8. The first kappa shape index (κ1) is 23.4. The van der Waals surface area contributed by atoms with Crippen molar-refractivity contribution in [3.8, 4) is 5.82 Å². The van der Waals surface area contributed by atoms with Crippen molar-refractivity contribution in [1.82, 2.24) is 19.7 Å². The van der Waals surface area contributed by atoms with Gasteiger partial charge in [-0.2, -0.15) is 5.10 Å². The van der Waals surface area contributed by atoms with Gasteiger partial charge in [0.15, 0.2) is 5.82 Å². The monoisotopic (exact) mass is 387 g/mol. The standard InChI is InChI=1S/C17H25N5O.2ClH/c1-5-14-13(16(23)21(4)12-17(2,3)11-18)10-20-22(14)15-8-6-7-9-19-15;;/h6-10H,5,11-12,18H2,1-4H3;2*1H. The number of aromatic nitrogens is 3. The van der Waals surface area contributed by atoms with E-state index in [1.54, 1.807) is 29.0 Å². The van der Waals surface area contributed by atoms with E-state index in [1.165, 1.54) is 0 Å². The van der Waals surface area contributed by atoms with E-state index >= 15 is 0 Å². The molecule has 0 aliphatic rings. The lowest BCUT2D eigenvalue weighted by atomic mass is 9.93. The Hall–Kier alpha value is -1.63. The lowest BCUT2D eigenvalue weighted by molar-refractivity contribution is 0.0739. The van der Waals surface area contributed by atoms with Crippen molar-refractivity contribution < 1.29 is 4.79 Å². The largest absolute Gasteiger partial charge is 0.341 e. The fraction of sp³-hybridized carbons (Fsp3) is 0.471. The van der Waals surface area contributed by atoms with Crippen LogP contribution in [0.5, 0.6) is 0 Å². The lowest BCUT2D eigenvalue weighted by Crippen LogP contribution is -2.40. The Bertz CT molecular complexity index is 673. The summed E-state index contributed by atoms with van der Waals surface area (Å²) in [6.45, 7) is 7.24. The van der Waals surface area contributed by atoms with Crippen molar-refractivity contribution in [2.45, 2.75) is 27.2 Å². The normalized spacial score (nSPS) is 10.6. The Morgan fingerprint density at radius 2 is 2.00 bits per heavy atom. The highest BCUT2D eigenvalue weighted by Crippen LogP contribution is 2.19. The number of rotatable bonds is 6. The lowest BCUT2D eigenvalue weighted by Gasteiger charge is -2.29. The number of halogens is 2. The Kier molecular flexibility index (Phi) is 9.11. The molecule has 1 amide bonds. The van der Waals surface area contributed by atoms with E-state index < -0.39 is 0 Å². The van der Waals surface area contributed by atoms with Crippen LogP contribution in [0.15, 0.2) is 30.6 Å². The molecule has 25 heavy (non-hydrogen) atoms. The summed E-state index contributed by atoms with van der Waals surface area (Å²) in [6, 6.07) is 5.63.